The van der Waals surface area contributed by atoms with Gasteiger partial charge in [0.05, 0.1) is 6.67 Å². The molecule has 0 amide bonds. The van der Waals surface area contributed by atoms with Crippen LogP contribution in [0.3, 0.4) is 0 Å². The fraction of sp³-hybridized carbons (Fsp3) is 0.571. The van der Waals surface area contributed by atoms with Crippen LogP contribution in [-0.4, -0.2) is 22.7 Å². The van der Waals surface area contributed by atoms with Gasteiger partial charge in [0.1, 0.15) is 5.37 Å². The molecular weight excluding hydrogens is 160 g/mol. The quantitative estimate of drug-likeness (QED) is 0.610. The van der Waals surface area contributed by atoms with Gasteiger partial charge in [0.2, 0.25) is 0 Å². The van der Waals surface area contributed by atoms with Crippen LogP contribution in [0.2, 0.25) is 0 Å². The van der Waals surface area contributed by atoms with E-state index in [-0.39, 0.29) is 11.2 Å². The topological polar surface area (TPSA) is 32.3 Å². The number of thiol groups is 1. The van der Waals surface area contributed by atoms with Crippen molar-refractivity contribution in [1.82, 2.24) is 10.2 Å². The maximum Gasteiger partial charge on any atom is 0.165 e. The fourth-order valence-electron chi connectivity index (χ4n) is 0.895. The largest absolute Gasteiger partial charge is 0.372 e. The third-order valence-corrected chi connectivity index (χ3v) is 2.19. The molecule has 0 aliphatic carbocycles. The molecular formula is C7H12N2OS. The summed E-state index contributed by atoms with van der Waals surface area (Å²) in [6, 6.07) is 0. The summed E-state index contributed by atoms with van der Waals surface area (Å²) < 4.78 is 0. The van der Waals surface area contributed by atoms with E-state index in [2.05, 4.69) is 17.9 Å². The van der Waals surface area contributed by atoms with Crippen LogP contribution in [0, 0.1) is 0 Å². The number of rotatable bonds is 3. The van der Waals surface area contributed by atoms with Crippen LogP contribution >= 0.6 is 12.6 Å². The second-order valence-electron chi connectivity index (χ2n) is 2.39. The van der Waals surface area contributed by atoms with Crippen LogP contribution in [0.5, 0.6) is 0 Å². The fourth-order valence-corrected chi connectivity index (χ4v) is 1.24. The number of ketones is 1. The number of nitrogens with zero attached hydrogens (tertiary/aromatic N) is 1. The number of carbonyl (C=O) groups is 1. The molecule has 0 fully saturated rings. The number of Topliss-reactive ketones (excluding diaryl/α,β-unsaturated/α-hetero) is 1. The highest BCUT2D eigenvalue weighted by Gasteiger charge is 2.18. The number of hydrogen-bond donors (Lipinski definition) is 2. The van der Waals surface area contributed by atoms with Gasteiger partial charge in [0.15, 0.2) is 5.78 Å². The van der Waals surface area contributed by atoms with E-state index < -0.39 is 0 Å². The van der Waals surface area contributed by atoms with Crippen LogP contribution in [0.25, 0.3) is 0 Å². The second kappa shape index (κ2) is 3.67. The molecule has 0 aromatic rings. The van der Waals surface area contributed by atoms with Crippen LogP contribution < -0.4 is 5.32 Å². The standard InChI is InChI=1S/C7H12N2OS/c1-2-6(10)7(11)9-4-3-8-5-9/h3-4,7-8,11H,2,5H2,1H3. The van der Waals surface area contributed by atoms with E-state index in [9.17, 15) is 4.79 Å². The first-order chi connectivity index (χ1) is 5.25. The molecule has 0 spiro atoms. The van der Waals surface area contributed by atoms with Gasteiger partial charge < -0.3 is 10.2 Å². The molecule has 0 radical (unpaired) electrons. The minimum absolute atomic E-state index is 0.154. The van der Waals surface area contributed by atoms with Crippen molar-refractivity contribution in [3.05, 3.63) is 12.4 Å². The van der Waals surface area contributed by atoms with Gasteiger partial charge in [-0.05, 0) is 0 Å². The molecule has 1 aliphatic heterocycles. The Kier molecular flexibility index (Phi) is 2.82. The van der Waals surface area contributed by atoms with Gasteiger partial charge in [-0.15, -0.1) is 12.6 Å². The maximum absolute atomic E-state index is 11.1. The smallest absolute Gasteiger partial charge is 0.165 e. The average Bonchev–Trinajstić information content (AvgIpc) is 2.53. The predicted octanol–water partition coefficient (Wildman–Crippen LogP) is 0.555. The zero-order chi connectivity index (χ0) is 8.27. The van der Waals surface area contributed by atoms with E-state index in [1.807, 2.05) is 24.2 Å². The van der Waals surface area contributed by atoms with E-state index >= 15 is 0 Å². The lowest BCUT2D eigenvalue weighted by Crippen LogP contribution is -2.34. The van der Waals surface area contributed by atoms with Gasteiger partial charge in [-0.3, -0.25) is 4.79 Å². The SMILES string of the molecule is CCC(=O)C(S)N1C=CNC1. The molecule has 1 unspecified atom stereocenters. The van der Waals surface area contributed by atoms with Crippen LogP contribution in [0.15, 0.2) is 12.4 Å². The summed E-state index contributed by atoms with van der Waals surface area (Å²) in [6.45, 7) is 2.53. The molecule has 3 nitrogen and oxygen atoms in total. The Hall–Kier alpha value is -0.640. The Balaban J connectivity index is 2.46. The first-order valence-corrected chi connectivity index (χ1v) is 4.14. The molecule has 1 rings (SSSR count). The van der Waals surface area contributed by atoms with Gasteiger partial charge in [0, 0.05) is 18.8 Å². The molecule has 0 aromatic heterocycles. The van der Waals surface area contributed by atoms with Crippen molar-refractivity contribution in [3.63, 3.8) is 0 Å². The molecule has 11 heavy (non-hydrogen) atoms. The molecule has 1 aliphatic rings. The monoisotopic (exact) mass is 172 g/mol. The van der Waals surface area contributed by atoms with E-state index in [4.69, 9.17) is 0 Å². The van der Waals surface area contributed by atoms with Crippen LogP contribution in [-0.2, 0) is 4.79 Å². The van der Waals surface area contributed by atoms with Crippen molar-refractivity contribution < 1.29 is 4.79 Å². The van der Waals surface area contributed by atoms with Crippen molar-refractivity contribution in [2.45, 2.75) is 18.7 Å². The van der Waals surface area contributed by atoms with Crippen LogP contribution in [0.4, 0.5) is 0 Å². The molecule has 0 saturated carbocycles. The van der Waals surface area contributed by atoms with E-state index in [1.54, 1.807) is 0 Å². The molecule has 0 saturated heterocycles. The van der Waals surface area contributed by atoms with Crippen LogP contribution in [0.1, 0.15) is 13.3 Å². The normalized spacial score (nSPS) is 18.2. The summed E-state index contributed by atoms with van der Waals surface area (Å²) in [6.07, 6.45) is 4.19. The van der Waals surface area contributed by atoms with E-state index in [0.717, 1.165) is 0 Å². The number of nitrogens with one attached hydrogen (secondary N) is 1. The van der Waals surface area contributed by atoms with Gasteiger partial charge in [-0.2, -0.15) is 0 Å². The minimum Gasteiger partial charge on any atom is -0.372 e. The molecule has 4 heteroatoms. The second-order valence-corrected chi connectivity index (χ2v) is 2.87. The minimum atomic E-state index is -0.286. The number of carbonyl (C=O) groups excluding carboxylic acids is 1. The summed E-state index contributed by atoms with van der Waals surface area (Å²) in [7, 11) is 0. The van der Waals surface area contributed by atoms with Gasteiger partial charge >= 0.3 is 0 Å². The van der Waals surface area contributed by atoms with Crippen molar-refractivity contribution in [1.29, 1.82) is 0 Å². The van der Waals surface area contributed by atoms with Gasteiger partial charge in [-0.1, -0.05) is 6.92 Å². The van der Waals surface area contributed by atoms with Gasteiger partial charge in [-0.25, -0.2) is 0 Å². The zero-order valence-corrected chi connectivity index (χ0v) is 7.34. The van der Waals surface area contributed by atoms with Gasteiger partial charge in [0.25, 0.3) is 0 Å². The Bertz CT molecular complexity index is 181. The lowest BCUT2D eigenvalue weighted by Gasteiger charge is -2.20. The first kappa shape index (κ1) is 8.46. The summed E-state index contributed by atoms with van der Waals surface area (Å²) in [5, 5.41) is 2.69. The Morgan fingerprint density at radius 3 is 3.09 bits per heavy atom. The third kappa shape index (κ3) is 1.89. The first-order valence-electron chi connectivity index (χ1n) is 3.62. The van der Waals surface area contributed by atoms with Crippen molar-refractivity contribution in [3.8, 4) is 0 Å². The Morgan fingerprint density at radius 2 is 2.64 bits per heavy atom. The van der Waals surface area contributed by atoms with Crippen molar-refractivity contribution in [2.75, 3.05) is 6.67 Å². The summed E-state index contributed by atoms with van der Waals surface area (Å²) in [5.41, 5.74) is 0. The van der Waals surface area contributed by atoms with E-state index in [0.29, 0.717) is 13.1 Å². The molecule has 1 heterocycles. The summed E-state index contributed by atoms with van der Waals surface area (Å²) >= 11 is 4.19. The lowest BCUT2D eigenvalue weighted by atomic mass is 10.3. The third-order valence-electron chi connectivity index (χ3n) is 1.61. The highest BCUT2D eigenvalue weighted by Crippen LogP contribution is 2.09. The predicted molar refractivity (Wildman–Crippen MR) is 47.1 cm³/mol. The molecule has 1 atom stereocenters. The highest BCUT2D eigenvalue weighted by molar-refractivity contribution is 7.81. The van der Waals surface area contributed by atoms with Crippen molar-refractivity contribution in [2.24, 2.45) is 0 Å². The van der Waals surface area contributed by atoms with E-state index in [1.165, 1.54) is 0 Å². The Labute approximate surface area is 71.9 Å². The zero-order valence-electron chi connectivity index (χ0n) is 6.45. The Morgan fingerprint density at radius 1 is 1.91 bits per heavy atom. The lowest BCUT2D eigenvalue weighted by molar-refractivity contribution is -0.120. The molecule has 62 valence electrons. The van der Waals surface area contributed by atoms with Crippen molar-refractivity contribution >= 4 is 18.4 Å². The average molecular weight is 172 g/mol. The molecule has 1 N–H and O–H groups in total. The summed E-state index contributed by atoms with van der Waals surface area (Å²) in [5.74, 6) is 0.154. The summed E-state index contributed by atoms with van der Waals surface area (Å²) in [4.78, 5) is 13.0. The maximum atomic E-state index is 11.1. The molecule has 0 bridgehead atoms. The molecule has 0 aromatic carbocycles. The highest BCUT2D eigenvalue weighted by atomic mass is 32.1. The number of hydrogen-bond acceptors (Lipinski definition) is 4.